The molecular formula is C16H15N3O. The Bertz CT molecular complexity index is 642. The predicted molar refractivity (Wildman–Crippen MR) is 75.7 cm³/mol. The normalized spacial score (nSPS) is 9.80. The number of nitriles is 1. The average molecular weight is 265 g/mol. The molecule has 1 N–H and O–H groups in total. The first-order chi connectivity index (χ1) is 9.67. The molecule has 4 heteroatoms. The lowest BCUT2D eigenvalue weighted by Gasteiger charge is -2.05. The minimum absolute atomic E-state index is 0.0574. The summed E-state index contributed by atoms with van der Waals surface area (Å²) in [6.45, 7) is 2.35. The van der Waals surface area contributed by atoms with E-state index in [1.54, 1.807) is 24.3 Å². The fraction of sp³-hybridized carbons (Fsp3) is 0.188. The first-order valence-electron chi connectivity index (χ1n) is 6.35. The van der Waals surface area contributed by atoms with Gasteiger partial charge in [-0.05, 0) is 36.8 Å². The van der Waals surface area contributed by atoms with Gasteiger partial charge >= 0.3 is 0 Å². The number of hydrogen-bond donors (Lipinski definition) is 1. The highest BCUT2D eigenvalue weighted by Crippen LogP contribution is 2.04. The molecule has 0 saturated carbocycles. The van der Waals surface area contributed by atoms with Crippen LogP contribution >= 0.6 is 0 Å². The van der Waals surface area contributed by atoms with Crippen molar-refractivity contribution in [1.82, 2.24) is 10.3 Å². The fourth-order valence-electron chi connectivity index (χ4n) is 1.83. The summed E-state index contributed by atoms with van der Waals surface area (Å²) in [5.74, 6) is -0.0574. The smallest absolute Gasteiger partial charge is 0.224 e. The van der Waals surface area contributed by atoms with Gasteiger partial charge in [-0.3, -0.25) is 9.78 Å². The molecule has 2 rings (SSSR count). The Hall–Kier alpha value is -2.67. The number of benzene rings is 1. The molecule has 0 aliphatic heterocycles. The number of aromatic nitrogens is 1. The molecule has 0 aliphatic carbocycles. The summed E-state index contributed by atoms with van der Waals surface area (Å²) in [5, 5.41) is 11.5. The van der Waals surface area contributed by atoms with Gasteiger partial charge in [0, 0.05) is 5.69 Å². The van der Waals surface area contributed by atoms with Gasteiger partial charge in [-0.15, -0.1) is 0 Å². The summed E-state index contributed by atoms with van der Waals surface area (Å²) in [4.78, 5) is 16.1. The van der Waals surface area contributed by atoms with E-state index in [9.17, 15) is 4.79 Å². The van der Waals surface area contributed by atoms with Crippen LogP contribution in [0.5, 0.6) is 0 Å². The Kier molecular flexibility index (Phi) is 4.46. The van der Waals surface area contributed by atoms with Crippen LogP contribution in [-0.2, 0) is 17.8 Å². The van der Waals surface area contributed by atoms with E-state index < -0.39 is 0 Å². The maximum atomic E-state index is 11.8. The summed E-state index contributed by atoms with van der Waals surface area (Å²) >= 11 is 0. The lowest BCUT2D eigenvalue weighted by atomic mass is 10.1. The van der Waals surface area contributed by atoms with Crippen LogP contribution in [-0.4, -0.2) is 10.9 Å². The van der Waals surface area contributed by atoms with E-state index in [4.69, 9.17) is 5.26 Å². The third-order valence-electron chi connectivity index (χ3n) is 2.86. The van der Waals surface area contributed by atoms with Gasteiger partial charge in [0.05, 0.1) is 30.3 Å². The molecule has 1 aromatic heterocycles. The van der Waals surface area contributed by atoms with Gasteiger partial charge in [0.1, 0.15) is 0 Å². The van der Waals surface area contributed by atoms with E-state index in [2.05, 4.69) is 16.4 Å². The van der Waals surface area contributed by atoms with Crippen molar-refractivity contribution >= 4 is 5.91 Å². The molecule has 4 nitrogen and oxygen atoms in total. The number of carbonyl (C=O) groups is 1. The lowest BCUT2D eigenvalue weighted by molar-refractivity contribution is -0.120. The first kappa shape index (κ1) is 13.8. The second-order valence-electron chi connectivity index (χ2n) is 4.53. The number of pyridine rings is 1. The van der Waals surface area contributed by atoms with Crippen LogP contribution in [0.1, 0.15) is 22.5 Å². The van der Waals surface area contributed by atoms with Crippen LogP contribution in [0.15, 0.2) is 42.5 Å². The number of carbonyl (C=O) groups excluding carboxylic acids is 1. The summed E-state index contributed by atoms with van der Waals surface area (Å²) in [6, 6.07) is 14.8. The Morgan fingerprint density at radius 3 is 2.65 bits per heavy atom. The summed E-state index contributed by atoms with van der Waals surface area (Å²) in [7, 11) is 0. The molecule has 0 spiro atoms. The first-order valence-corrected chi connectivity index (χ1v) is 6.35. The Labute approximate surface area is 118 Å². The zero-order valence-corrected chi connectivity index (χ0v) is 11.3. The maximum Gasteiger partial charge on any atom is 0.224 e. The summed E-state index contributed by atoms with van der Waals surface area (Å²) in [6.07, 6.45) is 0.303. The second-order valence-corrected chi connectivity index (χ2v) is 4.53. The largest absolute Gasteiger partial charge is 0.350 e. The van der Waals surface area contributed by atoms with Crippen molar-refractivity contribution in [2.24, 2.45) is 0 Å². The summed E-state index contributed by atoms with van der Waals surface area (Å²) in [5.41, 5.74) is 3.26. The number of hydrogen-bond acceptors (Lipinski definition) is 3. The van der Waals surface area contributed by atoms with Crippen LogP contribution in [0.4, 0.5) is 0 Å². The fourth-order valence-corrected chi connectivity index (χ4v) is 1.83. The summed E-state index contributed by atoms with van der Waals surface area (Å²) < 4.78 is 0. The molecule has 100 valence electrons. The van der Waals surface area contributed by atoms with Crippen LogP contribution < -0.4 is 5.32 Å². The molecule has 20 heavy (non-hydrogen) atoms. The number of aryl methyl sites for hydroxylation is 1. The van der Waals surface area contributed by atoms with Crippen molar-refractivity contribution in [2.45, 2.75) is 19.9 Å². The predicted octanol–water partition coefficient (Wildman–Crippen LogP) is 2.12. The third-order valence-corrected chi connectivity index (χ3v) is 2.86. The van der Waals surface area contributed by atoms with Crippen LogP contribution in [0.2, 0.25) is 0 Å². The molecule has 1 heterocycles. The Morgan fingerprint density at radius 2 is 2.00 bits per heavy atom. The number of amides is 1. The quantitative estimate of drug-likeness (QED) is 0.920. The van der Waals surface area contributed by atoms with Gasteiger partial charge in [-0.1, -0.05) is 18.2 Å². The highest BCUT2D eigenvalue weighted by atomic mass is 16.1. The topological polar surface area (TPSA) is 65.8 Å². The minimum Gasteiger partial charge on any atom is -0.350 e. The van der Waals surface area contributed by atoms with Crippen molar-refractivity contribution in [3.8, 4) is 6.07 Å². The third kappa shape index (κ3) is 3.92. The van der Waals surface area contributed by atoms with Gasteiger partial charge in [-0.25, -0.2) is 0 Å². The van der Waals surface area contributed by atoms with Crippen molar-refractivity contribution in [1.29, 1.82) is 5.26 Å². The van der Waals surface area contributed by atoms with E-state index in [1.165, 1.54) is 0 Å². The monoisotopic (exact) mass is 265 g/mol. The van der Waals surface area contributed by atoms with Gasteiger partial charge in [-0.2, -0.15) is 5.26 Å². The van der Waals surface area contributed by atoms with Crippen molar-refractivity contribution in [3.63, 3.8) is 0 Å². The molecule has 0 saturated heterocycles. The highest BCUT2D eigenvalue weighted by Gasteiger charge is 2.04. The van der Waals surface area contributed by atoms with E-state index in [0.717, 1.165) is 17.0 Å². The Balaban J connectivity index is 1.87. The molecule has 0 unspecified atom stereocenters. The number of nitrogens with one attached hydrogen (secondary N) is 1. The standard InChI is InChI=1S/C16H15N3O/c1-12-3-2-4-15(19-12)11-18-16(20)9-13-5-7-14(10-17)8-6-13/h2-8H,9,11H2,1H3,(H,18,20). The van der Waals surface area contributed by atoms with Gasteiger partial charge in [0.25, 0.3) is 0 Å². The molecule has 0 aliphatic rings. The average Bonchev–Trinajstić information content (AvgIpc) is 2.46. The second kappa shape index (κ2) is 6.48. The van der Waals surface area contributed by atoms with Gasteiger partial charge < -0.3 is 5.32 Å². The molecule has 0 atom stereocenters. The molecule has 1 amide bonds. The minimum atomic E-state index is -0.0574. The van der Waals surface area contributed by atoms with Crippen molar-refractivity contribution in [3.05, 3.63) is 65.0 Å². The number of nitrogens with zero attached hydrogens (tertiary/aromatic N) is 2. The molecular weight excluding hydrogens is 250 g/mol. The highest BCUT2D eigenvalue weighted by molar-refractivity contribution is 5.78. The van der Waals surface area contributed by atoms with Crippen molar-refractivity contribution in [2.75, 3.05) is 0 Å². The lowest BCUT2D eigenvalue weighted by Crippen LogP contribution is -2.25. The van der Waals surface area contributed by atoms with Crippen molar-refractivity contribution < 1.29 is 4.79 Å². The van der Waals surface area contributed by atoms with E-state index >= 15 is 0 Å². The van der Waals surface area contributed by atoms with Gasteiger partial charge in [0.2, 0.25) is 5.91 Å². The molecule has 0 bridgehead atoms. The molecule has 0 radical (unpaired) electrons. The molecule has 1 aromatic carbocycles. The van der Waals surface area contributed by atoms with Gasteiger partial charge in [0.15, 0.2) is 0 Å². The number of rotatable bonds is 4. The van der Waals surface area contributed by atoms with Crippen LogP contribution in [0.3, 0.4) is 0 Å². The molecule has 2 aromatic rings. The van der Waals surface area contributed by atoms with Crippen LogP contribution in [0.25, 0.3) is 0 Å². The molecule has 0 fully saturated rings. The SMILES string of the molecule is Cc1cccc(CNC(=O)Cc2ccc(C#N)cc2)n1. The zero-order valence-electron chi connectivity index (χ0n) is 11.3. The Morgan fingerprint density at radius 1 is 1.25 bits per heavy atom. The van der Waals surface area contributed by atoms with E-state index in [0.29, 0.717) is 18.5 Å². The maximum absolute atomic E-state index is 11.8. The van der Waals surface area contributed by atoms with E-state index in [-0.39, 0.29) is 5.91 Å². The van der Waals surface area contributed by atoms with E-state index in [1.807, 2.05) is 25.1 Å². The van der Waals surface area contributed by atoms with Crippen LogP contribution in [0, 0.1) is 18.3 Å². The zero-order chi connectivity index (χ0) is 14.4.